The first-order valence-electron chi connectivity index (χ1n) is 7.98. The van der Waals surface area contributed by atoms with Gasteiger partial charge in [0.05, 0.1) is 7.11 Å². The Labute approximate surface area is 142 Å². The number of carbonyl (C=O) groups excluding carboxylic acids is 2. The molecular formula is C19H24N2O3. The summed E-state index contributed by atoms with van der Waals surface area (Å²) in [6.07, 6.45) is 0. The molecule has 5 heteroatoms. The smallest absolute Gasteiger partial charge is 0.325 e. The second-order valence-electron chi connectivity index (χ2n) is 6.10. The third kappa shape index (κ3) is 3.67. The summed E-state index contributed by atoms with van der Waals surface area (Å²) in [5, 5.41) is 0. The van der Waals surface area contributed by atoms with E-state index in [-0.39, 0.29) is 18.5 Å². The minimum absolute atomic E-state index is 0.0510. The van der Waals surface area contributed by atoms with Gasteiger partial charge in [-0.25, -0.2) is 0 Å². The van der Waals surface area contributed by atoms with Crippen molar-refractivity contribution < 1.29 is 14.3 Å². The summed E-state index contributed by atoms with van der Waals surface area (Å²) in [5.74, 6) is -0.602. The first kappa shape index (κ1) is 17.8. The Morgan fingerprint density at radius 1 is 1.04 bits per heavy atom. The lowest BCUT2D eigenvalue weighted by Crippen LogP contribution is -2.41. The Hall–Kier alpha value is -2.56. The number of amides is 1. The van der Waals surface area contributed by atoms with Crippen LogP contribution in [0.4, 0.5) is 0 Å². The topological polar surface area (TPSA) is 51.5 Å². The summed E-state index contributed by atoms with van der Waals surface area (Å²) in [4.78, 5) is 25.7. The first-order chi connectivity index (χ1) is 11.3. The average molecular weight is 328 g/mol. The van der Waals surface area contributed by atoms with Crippen molar-refractivity contribution >= 4 is 11.9 Å². The van der Waals surface area contributed by atoms with E-state index >= 15 is 0 Å². The van der Waals surface area contributed by atoms with Crippen molar-refractivity contribution in [3.8, 4) is 5.69 Å². The monoisotopic (exact) mass is 328 g/mol. The molecule has 1 aromatic heterocycles. The second-order valence-corrected chi connectivity index (χ2v) is 6.10. The Bertz CT molecular complexity index is 710. The molecule has 0 N–H and O–H groups in total. The number of methoxy groups -OCH3 is 1. The molecule has 1 amide bonds. The van der Waals surface area contributed by atoms with Crippen molar-refractivity contribution in [2.24, 2.45) is 0 Å². The van der Waals surface area contributed by atoms with Gasteiger partial charge in [-0.05, 0) is 64.1 Å². The van der Waals surface area contributed by atoms with E-state index in [0.29, 0.717) is 5.56 Å². The van der Waals surface area contributed by atoms with Gasteiger partial charge in [0, 0.05) is 28.7 Å². The third-order valence-electron chi connectivity index (χ3n) is 4.05. The average Bonchev–Trinajstić information content (AvgIpc) is 2.90. The molecule has 1 heterocycles. The molecule has 2 rings (SSSR count). The maximum Gasteiger partial charge on any atom is 0.325 e. The van der Waals surface area contributed by atoms with Crippen molar-refractivity contribution in [3.05, 3.63) is 53.3 Å². The van der Waals surface area contributed by atoms with Gasteiger partial charge in [0.2, 0.25) is 0 Å². The lowest BCUT2D eigenvalue weighted by Gasteiger charge is -2.25. The lowest BCUT2D eigenvalue weighted by atomic mass is 10.1. The standard InChI is InChI=1S/C19H24N2O3/c1-13(2)20(12-18(22)24-5)19(23)16-8-10-17(11-9-16)21-14(3)6-7-15(21)4/h6-11,13H,12H2,1-5H3. The van der Waals surface area contributed by atoms with Crippen LogP contribution >= 0.6 is 0 Å². The Morgan fingerprint density at radius 3 is 2.04 bits per heavy atom. The molecule has 0 radical (unpaired) electrons. The zero-order valence-electron chi connectivity index (χ0n) is 14.9. The van der Waals surface area contributed by atoms with Crippen LogP contribution in [0.2, 0.25) is 0 Å². The fourth-order valence-electron chi connectivity index (χ4n) is 2.69. The predicted octanol–water partition coefficient (Wildman–Crippen LogP) is 3.12. The fraction of sp³-hybridized carbons (Fsp3) is 0.368. The number of carbonyl (C=O) groups is 2. The number of aromatic nitrogens is 1. The van der Waals surface area contributed by atoms with Crippen LogP contribution in [0.5, 0.6) is 0 Å². The summed E-state index contributed by atoms with van der Waals surface area (Å²) in [7, 11) is 1.32. The van der Waals surface area contributed by atoms with Crippen molar-refractivity contribution in [3.63, 3.8) is 0 Å². The van der Waals surface area contributed by atoms with E-state index in [4.69, 9.17) is 0 Å². The van der Waals surface area contributed by atoms with Crippen LogP contribution in [0.3, 0.4) is 0 Å². The number of hydrogen-bond acceptors (Lipinski definition) is 3. The number of ether oxygens (including phenoxy) is 1. The quantitative estimate of drug-likeness (QED) is 0.793. The van der Waals surface area contributed by atoms with Crippen LogP contribution in [0.1, 0.15) is 35.6 Å². The fourth-order valence-corrected chi connectivity index (χ4v) is 2.69. The van der Waals surface area contributed by atoms with Crippen molar-refractivity contribution in [1.82, 2.24) is 9.47 Å². The Morgan fingerprint density at radius 2 is 1.58 bits per heavy atom. The van der Waals surface area contributed by atoms with Gasteiger partial charge in [0.25, 0.3) is 5.91 Å². The summed E-state index contributed by atoms with van der Waals surface area (Å²) in [6, 6.07) is 11.5. The third-order valence-corrected chi connectivity index (χ3v) is 4.05. The van der Waals surface area contributed by atoms with Crippen molar-refractivity contribution in [1.29, 1.82) is 0 Å². The number of benzene rings is 1. The van der Waals surface area contributed by atoms with E-state index in [0.717, 1.165) is 17.1 Å². The van der Waals surface area contributed by atoms with Gasteiger partial charge in [-0.15, -0.1) is 0 Å². The summed E-state index contributed by atoms with van der Waals surface area (Å²) in [6.45, 7) is 7.79. The number of hydrogen-bond donors (Lipinski definition) is 0. The highest BCUT2D eigenvalue weighted by molar-refractivity contribution is 5.96. The molecule has 0 fully saturated rings. The molecule has 0 bridgehead atoms. The van der Waals surface area contributed by atoms with Crippen LogP contribution in [-0.4, -0.2) is 41.0 Å². The highest BCUT2D eigenvalue weighted by Crippen LogP contribution is 2.18. The van der Waals surface area contributed by atoms with E-state index in [1.54, 1.807) is 12.1 Å². The van der Waals surface area contributed by atoms with E-state index in [9.17, 15) is 9.59 Å². The molecule has 0 saturated carbocycles. The Balaban J connectivity index is 2.26. The van der Waals surface area contributed by atoms with Crippen molar-refractivity contribution in [2.75, 3.05) is 13.7 Å². The van der Waals surface area contributed by atoms with Gasteiger partial charge in [0.1, 0.15) is 6.54 Å². The molecule has 0 aliphatic rings. The van der Waals surface area contributed by atoms with Crippen molar-refractivity contribution in [2.45, 2.75) is 33.7 Å². The molecule has 24 heavy (non-hydrogen) atoms. The number of aryl methyl sites for hydroxylation is 2. The molecule has 1 aromatic carbocycles. The zero-order chi connectivity index (χ0) is 17.9. The molecule has 128 valence electrons. The minimum Gasteiger partial charge on any atom is -0.468 e. The molecule has 0 spiro atoms. The maximum atomic E-state index is 12.7. The van der Waals surface area contributed by atoms with Gasteiger partial charge in [-0.3, -0.25) is 9.59 Å². The molecule has 5 nitrogen and oxygen atoms in total. The lowest BCUT2D eigenvalue weighted by molar-refractivity contribution is -0.141. The van der Waals surface area contributed by atoms with Crippen LogP contribution in [-0.2, 0) is 9.53 Å². The first-order valence-corrected chi connectivity index (χ1v) is 7.98. The van der Waals surface area contributed by atoms with Gasteiger partial charge in [-0.1, -0.05) is 0 Å². The second kappa shape index (κ2) is 7.34. The number of esters is 1. The summed E-state index contributed by atoms with van der Waals surface area (Å²) >= 11 is 0. The SMILES string of the molecule is COC(=O)CN(C(=O)c1ccc(-n2c(C)ccc2C)cc1)C(C)C. The van der Waals surface area contributed by atoms with Gasteiger partial charge >= 0.3 is 5.97 Å². The summed E-state index contributed by atoms with van der Waals surface area (Å²) < 4.78 is 6.80. The molecular weight excluding hydrogens is 304 g/mol. The van der Waals surface area contributed by atoms with Crippen LogP contribution in [0, 0.1) is 13.8 Å². The Kier molecular flexibility index (Phi) is 5.44. The predicted molar refractivity (Wildman–Crippen MR) is 93.4 cm³/mol. The van der Waals surface area contributed by atoms with Crippen LogP contribution in [0.15, 0.2) is 36.4 Å². The highest BCUT2D eigenvalue weighted by atomic mass is 16.5. The molecule has 0 aliphatic heterocycles. The largest absolute Gasteiger partial charge is 0.468 e. The van der Waals surface area contributed by atoms with Gasteiger partial charge in [0.15, 0.2) is 0 Å². The zero-order valence-corrected chi connectivity index (χ0v) is 14.9. The molecule has 0 atom stereocenters. The van der Waals surface area contributed by atoms with Gasteiger partial charge < -0.3 is 14.2 Å². The van der Waals surface area contributed by atoms with E-state index < -0.39 is 5.97 Å². The highest BCUT2D eigenvalue weighted by Gasteiger charge is 2.22. The maximum absolute atomic E-state index is 12.7. The van der Waals surface area contributed by atoms with E-state index in [2.05, 4.69) is 21.4 Å². The van der Waals surface area contributed by atoms with Gasteiger partial charge in [-0.2, -0.15) is 0 Å². The molecule has 0 unspecified atom stereocenters. The number of nitrogens with zero attached hydrogens (tertiary/aromatic N) is 2. The van der Waals surface area contributed by atoms with E-state index in [1.165, 1.54) is 12.0 Å². The summed E-state index contributed by atoms with van der Waals surface area (Å²) in [5.41, 5.74) is 3.84. The van der Waals surface area contributed by atoms with Crippen LogP contribution < -0.4 is 0 Å². The molecule has 2 aromatic rings. The van der Waals surface area contributed by atoms with E-state index in [1.807, 2.05) is 39.8 Å². The van der Waals surface area contributed by atoms with Crippen LogP contribution in [0.25, 0.3) is 5.69 Å². The molecule has 0 saturated heterocycles. The normalized spacial score (nSPS) is 10.8. The number of rotatable bonds is 5. The molecule has 0 aliphatic carbocycles. The minimum atomic E-state index is -0.424.